The second-order valence-corrected chi connectivity index (χ2v) is 8.61. The van der Waals surface area contributed by atoms with E-state index in [1.807, 2.05) is 18.3 Å². The molecule has 166 valence electrons. The minimum absolute atomic E-state index is 0.220. The van der Waals surface area contributed by atoms with E-state index in [0.717, 1.165) is 75.2 Å². The summed E-state index contributed by atoms with van der Waals surface area (Å²) in [5.41, 5.74) is 1.86. The van der Waals surface area contributed by atoms with Crippen LogP contribution in [0.1, 0.15) is 31.7 Å². The normalized spacial score (nSPS) is 24.0. The Kier molecular flexibility index (Phi) is 5.89. The number of morpholine rings is 1. The molecule has 3 saturated heterocycles. The Labute approximate surface area is 181 Å². The van der Waals surface area contributed by atoms with Crippen LogP contribution in [0.2, 0.25) is 0 Å². The molecule has 5 rings (SSSR count). The average Bonchev–Trinajstić information content (AvgIpc) is 3.23. The number of amides is 3. The predicted octanol–water partition coefficient (Wildman–Crippen LogP) is 1.50. The molecule has 0 bridgehead atoms. The number of rotatable bonds is 5. The lowest BCUT2D eigenvalue weighted by Gasteiger charge is -2.34. The molecule has 0 aliphatic carbocycles. The third-order valence-electron chi connectivity index (χ3n) is 6.64. The molecule has 9 heteroatoms. The van der Waals surface area contributed by atoms with Crippen molar-refractivity contribution in [1.29, 1.82) is 0 Å². The second kappa shape index (κ2) is 8.94. The molecule has 3 fully saturated rings. The van der Waals surface area contributed by atoms with Gasteiger partial charge in [0.15, 0.2) is 0 Å². The number of urea groups is 1. The summed E-state index contributed by atoms with van der Waals surface area (Å²) in [6.45, 7) is 6.32. The van der Waals surface area contributed by atoms with Gasteiger partial charge in [0.1, 0.15) is 0 Å². The van der Waals surface area contributed by atoms with E-state index in [1.54, 1.807) is 4.90 Å². The number of piperidine rings is 1. The highest BCUT2D eigenvalue weighted by Gasteiger charge is 2.28. The Balaban J connectivity index is 1.24. The predicted molar refractivity (Wildman–Crippen MR) is 117 cm³/mol. The van der Waals surface area contributed by atoms with E-state index in [4.69, 9.17) is 9.84 Å². The maximum Gasteiger partial charge on any atom is 0.328 e. The lowest BCUT2D eigenvalue weighted by Crippen LogP contribution is -2.49. The number of carbonyl (C=O) groups is 2. The summed E-state index contributed by atoms with van der Waals surface area (Å²) in [5.74, 6) is -0.220. The van der Waals surface area contributed by atoms with E-state index in [1.165, 1.54) is 0 Å². The summed E-state index contributed by atoms with van der Waals surface area (Å²) in [4.78, 5) is 28.0. The van der Waals surface area contributed by atoms with Gasteiger partial charge in [-0.3, -0.25) is 19.7 Å². The monoisotopic (exact) mass is 426 g/mol. The van der Waals surface area contributed by atoms with Gasteiger partial charge in [0, 0.05) is 51.1 Å². The quantitative estimate of drug-likeness (QED) is 0.753. The zero-order valence-corrected chi connectivity index (χ0v) is 17.8. The highest BCUT2D eigenvalue weighted by molar-refractivity contribution is 6.09. The van der Waals surface area contributed by atoms with E-state index in [2.05, 4.69) is 26.3 Å². The van der Waals surface area contributed by atoms with Gasteiger partial charge < -0.3 is 15.0 Å². The fraction of sp³-hybridized carbons (Fsp3) is 0.591. The van der Waals surface area contributed by atoms with Gasteiger partial charge in [-0.25, -0.2) is 4.79 Å². The fourth-order valence-electron chi connectivity index (χ4n) is 4.89. The Morgan fingerprint density at radius 1 is 1.16 bits per heavy atom. The number of nitrogens with one attached hydrogen (secondary N) is 2. The van der Waals surface area contributed by atoms with Crippen molar-refractivity contribution in [1.82, 2.24) is 25.3 Å². The molecule has 1 atom stereocenters. The lowest BCUT2D eigenvalue weighted by atomic mass is 10.0. The minimum atomic E-state index is -0.359. The molecule has 0 radical (unpaired) electrons. The number of imide groups is 1. The minimum Gasteiger partial charge on any atom is -0.376 e. The van der Waals surface area contributed by atoms with Crippen LogP contribution in [0.15, 0.2) is 24.4 Å². The van der Waals surface area contributed by atoms with Gasteiger partial charge in [0.2, 0.25) is 5.91 Å². The standard InChI is InChI=1S/C22H30N6O3/c29-21-7-12-27(22(30)25-21)19-2-1-3-20-18(19)15-24-28(20)16-4-9-26(10-5-16)11-6-17-14-23-8-13-31-17/h1-3,15-17,23H,4-14H2,(H,25,29,30). The van der Waals surface area contributed by atoms with E-state index >= 15 is 0 Å². The first-order valence-corrected chi connectivity index (χ1v) is 11.3. The first-order chi connectivity index (χ1) is 15.2. The van der Waals surface area contributed by atoms with Crippen molar-refractivity contribution in [3.05, 3.63) is 24.4 Å². The molecular weight excluding hydrogens is 396 g/mol. The van der Waals surface area contributed by atoms with E-state index < -0.39 is 0 Å². The number of carbonyl (C=O) groups excluding carboxylic acids is 2. The molecule has 1 aromatic heterocycles. The Morgan fingerprint density at radius 3 is 2.81 bits per heavy atom. The summed E-state index contributed by atoms with van der Waals surface area (Å²) in [7, 11) is 0. The molecule has 2 aromatic rings. The lowest BCUT2D eigenvalue weighted by molar-refractivity contribution is -0.120. The molecular formula is C22H30N6O3. The summed E-state index contributed by atoms with van der Waals surface area (Å²) >= 11 is 0. The molecule has 4 heterocycles. The van der Waals surface area contributed by atoms with Crippen LogP contribution in [0.5, 0.6) is 0 Å². The Morgan fingerprint density at radius 2 is 2.03 bits per heavy atom. The van der Waals surface area contributed by atoms with Crippen molar-refractivity contribution in [2.75, 3.05) is 50.8 Å². The molecule has 3 aliphatic rings. The molecule has 2 N–H and O–H groups in total. The second-order valence-electron chi connectivity index (χ2n) is 8.61. The summed E-state index contributed by atoms with van der Waals surface area (Å²) in [6.07, 6.45) is 5.70. The zero-order chi connectivity index (χ0) is 21.2. The number of ether oxygens (including phenoxy) is 1. The molecule has 1 aromatic carbocycles. The van der Waals surface area contributed by atoms with Gasteiger partial charge in [0.25, 0.3) is 0 Å². The molecule has 0 saturated carbocycles. The van der Waals surface area contributed by atoms with Crippen LogP contribution in [0.3, 0.4) is 0 Å². The van der Waals surface area contributed by atoms with E-state index in [0.29, 0.717) is 25.1 Å². The maximum atomic E-state index is 12.3. The smallest absolute Gasteiger partial charge is 0.328 e. The van der Waals surface area contributed by atoms with Crippen LogP contribution >= 0.6 is 0 Å². The number of hydrogen-bond acceptors (Lipinski definition) is 6. The van der Waals surface area contributed by atoms with Crippen molar-refractivity contribution >= 4 is 28.5 Å². The fourth-order valence-corrected chi connectivity index (χ4v) is 4.89. The zero-order valence-electron chi connectivity index (χ0n) is 17.8. The van der Waals surface area contributed by atoms with Crippen molar-refractivity contribution < 1.29 is 14.3 Å². The molecule has 9 nitrogen and oxygen atoms in total. The summed E-state index contributed by atoms with van der Waals surface area (Å²) < 4.78 is 7.94. The van der Waals surface area contributed by atoms with Crippen LogP contribution in [-0.4, -0.2) is 78.6 Å². The molecule has 0 spiro atoms. The Hall–Kier alpha value is -2.49. The maximum absolute atomic E-state index is 12.3. The van der Waals surface area contributed by atoms with Crippen molar-refractivity contribution in [3.8, 4) is 0 Å². The molecule has 31 heavy (non-hydrogen) atoms. The molecule has 1 unspecified atom stereocenters. The van der Waals surface area contributed by atoms with Crippen molar-refractivity contribution in [3.63, 3.8) is 0 Å². The summed E-state index contributed by atoms with van der Waals surface area (Å²) in [6, 6.07) is 5.95. The van der Waals surface area contributed by atoms with Gasteiger partial charge in [-0.1, -0.05) is 6.07 Å². The van der Waals surface area contributed by atoms with Crippen LogP contribution in [0.4, 0.5) is 10.5 Å². The number of likely N-dealkylation sites (tertiary alicyclic amines) is 1. The number of fused-ring (bicyclic) bond motifs is 1. The van der Waals surface area contributed by atoms with Gasteiger partial charge in [-0.15, -0.1) is 0 Å². The van der Waals surface area contributed by atoms with Crippen LogP contribution in [0, 0.1) is 0 Å². The van der Waals surface area contributed by atoms with Gasteiger partial charge in [-0.2, -0.15) is 5.10 Å². The third-order valence-corrected chi connectivity index (χ3v) is 6.64. The van der Waals surface area contributed by atoms with E-state index in [-0.39, 0.29) is 11.9 Å². The van der Waals surface area contributed by atoms with E-state index in [9.17, 15) is 9.59 Å². The highest BCUT2D eigenvalue weighted by Crippen LogP contribution is 2.32. The topological polar surface area (TPSA) is 91.7 Å². The number of aromatic nitrogens is 2. The number of hydrogen-bond donors (Lipinski definition) is 2. The van der Waals surface area contributed by atoms with Gasteiger partial charge in [0.05, 0.1) is 36.2 Å². The van der Waals surface area contributed by atoms with Crippen molar-refractivity contribution in [2.24, 2.45) is 0 Å². The molecule has 3 aliphatic heterocycles. The van der Waals surface area contributed by atoms with Crippen LogP contribution in [-0.2, 0) is 9.53 Å². The van der Waals surface area contributed by atoms with Gasteiger partial charge >= 0.3 is 6.03 Å². The largest absolute Gasteiger partial charge is 0.376 e. The number of benzene rings is 1. The number of anilines is 1. The SMILES string of the molecule is O=C1CCN(c2cccc3c2cnn3C2CCN(CCC3CNCCO3)CC2)C(=O)N1. The first-order valence-electron chi connectivity index (χ1n) is 11.3. The third kappa shape index (κ3) is 4.30. The number of nitrogens with zero attached hydrogens (tertiary/aromatic N) is 4. The Bertz CT molecular complexity index is 946. The first kappa shape index (κ1) is 20.4. The van der Waals surface area contributed by atoms with Crippen LogP contribution < -0.4 is 15.5 Å². The van der Waals surface area contributed by atoms with Crippen molar-refractivity contribution in [2.45, 2.75) is 37.8 Å². The van der Waals surface area contributed by atoms with Gasteiger partial charge in [-0.05, 0) is 31.4 Å². The van der Waals surface area contributed by atoms with Crippen LogP contribution in [0.25, 0.3) is 10.9 Å². The summed E-state index contributed by atoms with van der Waals surface area (Å²) in [5, 5.41) is 11.5. The molecule has 3 amide bonds. The highest BCUT2D eigenvalue weighted by atomic mass is 16.5. The average molecular weight is 427 g/mol.